The normalized spacial score (nSPS) is 10.7. The number of hydrogen-bond acceptors (Lipinski definition) is 2. The Bertz CT molecular complexity index is 479. The first-order chi connectivity index (χ1) is 8.31. The Morgan fingerprint density at radius 3 is 2.94 bits per heavy atom. The molecule has 0 unspecified atom stereocenters. The van der Waals surface area contributed by atoms with Crippen molar-refractivity contribution in [2.45, 2.75) is 19.9 Å². The molecule has 1 heterocycles. The third kappa shape index (κ3) is 3.11. The van der Waals surface area contributed by atoms with E-state index >= 15 is 0 Å². The van der Waals surface area contributed by atoms with Crippen LogP contribution >= 0.6 is 11.6 Å². The molecule has 2 rings (SSSR count). The summed E-state index contributed by atoms with van der Waals surface area (Å²) in [7, 11) is 0. The summed E-state index contributed by atoms with van der Waals surface area (Å²) in [4.78, 5) is 0. The molecule has 17 heavy (non-hydrogen) atoms. The number of hydrogen-bond donors (Lipinski definition) is 1. The highest BCUT2D eigenvalue weighted by atomic mass is 35.5. The van der Waals surface area contributed by atoms with E-state index < -0.39 is 0 Å². The molecule has 0 bridgehead atoms. The van der Waals surface area contributed by atoms with Gasteiger partial charge in [-0.3, -0.25) is 0 Å². The summed E-state index contributed by atoms with van der Waals surface area (Å²) in [6.07, 6.45) is 2.84. The van der Waals surface area contributed by atoms with Crippen molar-refractivity contribution in [2.75, 3.05) is 6.54 Å². The molecule has 0 atom stereocenters. The SMILES string of the molecule is CCCNCc1occc1-c1cccc(Cl)c1. The first-order valence-electron chi connectivity index (χ1n) is 5.84. The predicted octanol–water partition coefficient (Wildman–Crippen LogP) is 4.10. The van der Waals surface area contributed by atoms with Gasteiger partial charge in [0.05, 0.1) is 12.8 Å². The fraction of sp³-hybridized carbons (Fsp3) is 0.286. The number of rotatable bonds is 5. The Morgan fingerprint density at radius 1 is 1.29 bits per heavy atom. The maximum Gasteiger partial charge on any atom is 0.125 e. The van der Waals surface area contributed by atoms with E-state index in [1.54, 1.807) is 6.26 Å². The molecule has 0 radical (unpaired) electrons. The lowest BCUT2D eigenvalue weighted by molar-refractivity contribution is 0.484. The van der Waals surface area contributed by atoms with Crippen LogP contribution in [0.25, 0.3) is 11.1 Å². The van der Waals surface area contributed by atoms with E-state index in [4.69, 9.17) is 16.0 Å². The van der Waals surface area contributed by atoms with Crippen LogP contribution in [0.3, 0.4) is 0 Å². The highest BCUT2D eigenvalue weighted by Gasteiger charge is 2.08. The molecule has 90 valence electrons. The van der Waals surface area contributed by atoms with Gasteiger partial charge >= 0.3 is 0 Å². The van der Waals surface area contributed by atoms with Crippen molar-refractivity contribution in [1.82, 2.24) is 5.32 Å². The van der Waals surface area contributed by atoms with Gasteiger partial charge < -0.3 is 9.73 Å². The molecule has 0 saturated carbocycles. The monoisotopic (exact) mass is 249 g/mol. The van der Waals surface area contributed by atoms with Crippen molar-refractivity contribution >= 4 is 11.6 Å². The van der Waals surface area contributed by atoms with Gasteiger partial charge in [-0.25, -0.2) is 0 Å². The molecule has 0 spiro atoms. The maximum atomic E-state index is 5.99. The summed E-state index contributed by atoms with van der Waals surface area (Å²) in [5, 5.41) is 4.08. The lowest BCUT2D eigenvalue weighted by Crippen LogP contribution is -2.13. The highest BCUT2D eigenvalue weighted by molar-refractivity contribution is 6.30. The first-order valence-corrected chi connectivity index (χ1v) is 6.22. The number of halogens is 1. The topological polar surface area (TPSA) is 25.2 Å². The molecule has 0 saturated heterocycles. The number of nitrogens with one attached hydrogen (secondary N) is 1. The molecule has 0 amide bonds. The van der Waals surface area contributed by atoms with Crippen LogP contribution in [0.15, 0.2) is 41.0 Å². The summed E-state index contributed by atoms with van der Waals surface area (Å²) in [5.74, 6) is 0.959. The van der Waals surface area contributed by atoms with E-state index in [9.17, 15) is 0 Å². The lowest BCUT2D eigenvalue weighted by atomic mass is 10.1. The largest absolute Gasteiger partial charge is 0.467 e. The van der Waals surface area contributed by atoms with Gasteiger partial charge in [0.15, 0.2) is 0 Å². The molecule has 0 aliphatic rings. The second-order valence-corrected chi connectivity index (χ2v) is 4.38. The highest BCUT2D eigenvalue weighted by Crippen LogP contribution is 2.26. The average molecular weight is 250 g/mol. The summed E-state index contributed by atoms with van der Waals surface area (Å²) in [5.41, 5.74) is 2.20. The van der Waals surface area contributed by atoms with Crippen LogP contribution in [-0.4, -0.2) is 6.54 Å². The minimum atomic E-state index is 0.746. The minimum absolute atomic E-state index is 0.746. The maximum absolute atomic E-state index is 5.99. The summed E-state index contributed by atoms with van der Waals surface area (Å²) < 4.78 is 5.50. The van der Waals surface area contributed by atoms with Crippen LogP contribution in [-0.2, 0) is 6.54 Å². The Morgan fingerprint density at radius 2 is 2.18 bits per heavy atom. The molecule has 0 aliphatic carbocycles. The van der Waals surface area contributed by atoms with Crippen LogP contribution in [0.4, 0.5) is 0 Å². The van der Waals surface area contributed by atoms with Crippen molar-refractivity contribution in [3.05, 3.63) is 47.4 Å². The molecule has 1 aromatic heterocycles. The summed E-state index contributed by atoms with van der Waals surface area (Å²) in [6.45, 7) is 3.89. The molecule has 2 nitrogen and oxygen atoms in total. The van der Waals surface area contributed by atoms with Gasteiger partial charge in [-0.05, 0) is 36.7 Å². The number of furan rings is 1. The molecule has 2 aromatic rings. The zero-order chi connectivity index (χ0) is 12.1. The second kappa shape index (κ2) is 5.89. The molecular formula is C14H16ClNO. The lowest BCUT2D eigenvalue weighted by Gasteiger charge is -2.04. The van der Waals surface area contributed by atoms with Crippen molar-refractivity contribution in [3.63, 3.8) is 0 Å². The van der Waals surface area contributed by atoms with Crippen LogP contribution in [0.5, 0.6) is 0 Å². The molecule has 1 N–H and O–H groups in total. The molecule has 3 heteroatoms. The van der Waals surface area contributed by atoms with E-state index in [0.717, 1.165) is 41.4 Å². The van der Waals surface area contributed by atoms with Crippen LogP contribution in [0.1, 0.15) is 19.1 Å². The zero-order valence-electron chi connectivity index (χ0n) is 9.87. The van der Waals surface area contributed by atoms with Gasteiger partial charge in [0, 0.05) is 10.6 Å². The van der Waals surface area contributed by atoms with Crippen LogP contribution in [0.2, 0.25) is 5.02 Å². The fourth-order valence-corrected chi connectivity index (χ4v) is 1.96. The molecule has 0 fully saturated rings. The molecular weight excluding hydrogens is 234 g/mol. The third-order valence-corrected chi connectivity index (χ3v) is 2.83. The van der Waals surface area contributed by atoms with Crippen molar-refractivity contribution in [3.8, 4) is 11.1 Å². The quantitative estimate of drug-likeness (QED) is 0.807. The van der Waals surface area contributed by atoms with E-state index in [1.807, 2.05) is 30.3 Å². The van der Waals surface area contributed by atoms with E-state index in [1.165, 1.54) is 0 Å². The smallest absolute Gasteiger partial charge is 0.125 e. The second-order valence-electron chi connectivity index (χ2n) is 3.94. The van der Waals surface area contributed by atoms with Gasteiger partial charge in [-0.2, -0.15) is 0 Å². The van der Waals surface area contributed by atoms with Crippen LogP contribution in [0, 0.1) is 0 Å². The van der Waals surface area contributed by atoms with Gasteiger partial charge in [0.25, 0.3) is 0 Å². The van der Waals surface area contributed by atoms with Gasteiger partial charge in [0.1, 0.15) is 5.76 Å². The van der Waals surface area contributed by atoms with E-state index in [2.05, 4.69) is 12.2 Å². The van der Waals surface area contributed by atoms with E-state index in [0.29, 0.717) is 0 Å². The van der Waals surface area contributed by atoms with Crippen molar-refractivity contribution in [2.24, 2.45) is 0 Å². The summed E-state index contributed by atoms with van der Waals surface area (Å²) >= 11 is 5.99. The van der Waals surface area contributed by atoms with Crippen LogP contribution < -0.4 is 5.32 Å². The predicted molar refractivity (Wildman–Crippen MR) is 71.2 cm³/mol. The van der Waals surface area contributed by atoms with Gasteiger partial charge in [0.2, 0.25) is 0 Å². The average Bonchev–Trinajstić information content (AvgIpc) is 2.78. The van der Waals surface area contributed by atoms with E-state index in [-0.39, 0.29) is 0 Å². The van der Waals surface area contributed by atoms with Crippen molar-refractivity contribution < 1.29 is 4.42 Å². The zero-order valence-corrected chi connectivity index (χ0v) is 10.6. The standard InChI is InChI=1S/C14H16ClNO/c1-2-7-16-10-14-13(6-8-17-14)11-4-3-5-12(15)9-11/h3-6,8-9,16H,2,7,10H2,1H3. The fourth-order valence-electron chi connectivity index (χ4n) is 1.77. The van der Waals surface area contributed by atoms with Crippen molar-refractivity contribution in [1.29, 1.82) is 0 Å². The molecule has 1 aromatic carbocycles. The minimum Gasteiger partial charge on any atom is -0.467 e. The Balaban J connectivity index is 2.18. The van der Waals surface area contributed by atoms with Gasteiger partial charge in [-0.1, -0.05) is 30.7 Å². The third-order valence-electron chi connectivity index (χ3n) is 2.59. The number of benzene rings is 1. The molecule has 0 aliphatic heterocycles. The Hall–Kier alpha value is -1.25. The Labute approximate surface area is 107 Å². The van der Waals surface area contributed by atoms with Gasteiger partial charge in [-0.15, -0.1) is 0 Å². The Kier molecular flexibility index (Phi) is 4.24. The first kappa shape index (κ1) is 12.2. The summed E-state index contributed by atoms with van der Waals surface area (Å²) in [6, 6.07) is 9.80.